The van der Waals surface area contributed by atoms with Crippen LogP contribution < -0.4 is 5.32 Å². The summed E-state index contributed by atoms with van der Waals surface area (Å²) in [5.41, 5.74) is 2.37. The Labute approximate surface area is 147 Å². The van der Waals surface area contributed by atoms with Crippen molar-refractivity contribution in [3.8, 4) is 0 Å². The van der Waals surface area contributed by atoms with Gasteiger partial charge >= 0.3 is 0 Å². The van der Waals surface area contributed by atoms with Crippen molar-refractivity contribution in [2.75, 3.05) is 0 Å². The monoisotopic (exact) mass is 382 g/mol. The van der Waals surface area contributed by atoms with E-state index < -0.39 is 0 Å². The first-order valence-corrected chi connectivity index (χ1v) is 8.47. The van der Waals surface area contributed by atoms with Gasteiger partial charge in [-0.3, -0.25) is 4.79 Å². The number of aromatic amines is 1. The lowest BCUT2D eigenvalue weighted by atomic mass is 10.1. The molecule has 0 aliphatic carbocycles. The van der Waals surface area contributed by atoms with Crippen molar-refractivity contribution in [1.29, 1.82) is 0 Å². The summed E-state index contributed by atoms with van der Waals surface area (Å²) in [6.45, 7) is 1.92. The summed E-state index contributed by atoms with van der Waals surface area (Å²) < 4.78 is 6.76. The molecule has 0 bridgehead atoms. The summed E-state index contributed by atoms with van der Waals surface area (Å²) in [4.78, 5) is 15.8. The van der Waals surface area contributed by atoms with Gasteiger partial charge in [0.2, 0.25) is 0 Å². The van der Waals surface area contributed by atoms with Crippen molar-refractivity contribution in [2.24, 2.45) is 0 Å². The zero-order valence-electron chi connectivity index (χ0n) is 13.0. The van der Waals surface area contributed by atoms with E-state index in [1.165, 1.54) is 0 Å². The van der Waals surface area contributed by atoms with Crippen molar-refractivity contribution < 1.29 is 9.21 Å². The molecule has 2 N–H and O–H groups in total. The number of fused-ring (bicyclic) bond motifs is 2. The fraction of sp³-hybridized carbons (Fsp3) is 0.105. The van der Waals surface area contributed by atoms with Gasteiger partial charge in [0.05, 0.1) is 11.6 Å². The van der Waals surface area contributed by atoms with Crippen molar-refractivity contribution in [1.82, 2.24) is 10.3 Å². The van der Waals surface area contributed by atoms with Gasteiger partial charge in [-0.1, -0.05) is 34.1 Å². The lowest BCUT2D eigenvalue weighted by molar-refractivity contribution is 0.0937. The number of hydrogen-bond donors (Lipinski definition) is 2. The van der Waals surface area contributed by atoms with Gasteiger partial charge in [0.25, 0.3) is 5.91 Å². The molecule has 1 amide bonds. The predicted molar refractivity (Wildman–Crippen MR) is 98.1 cm³/mol. The van der Waals surface area contributed by atoms with E-state index in [-0.39, 0.29) is 11.9 Å². The Kier molecular flexibility index (Phi) is 3.65. The number of rotatable bonds is 3. The van der Waals surface area contributed by atoms with Gasteiger partial charge in [-0.15, -0.1) is 0 Å². The number of furan rings is 1. The third-order valence-corrected chi connectivity index (χ3v) is 4.60. The first-order chi connectivity index (χ1) is 11.6. The molecule has 0 radical (unpaired) electrons. The second-order valence-electron chi connectivity index (χ2n) is 5.77. The van der Waals surface area contributed by atoms with E-state index in [4.69, 9.17) is 4.42 Å². The quantitative estimate of drug-likeness (QED) is 0.513. The number of carbonyl (C=O) groups excluding carboxylic acids is 1. The van der Waals surface area contributed by atoms with Gasteiger partial charge in [0, 0.05) is 27.0 Å². The lowest BCUT2D eigenvalue weighted by Gasteiger charge is -2.10. The largest absolute Gasteiger partial charge is 0.459 e. The summed E-state index contributed by atoms with van der Waals surface area (Å²) in [5.74, 6) is 0.609. The van der Waals surface area contributed by atoms with Crippen LogP contribution in [0.5, 0.6) is 0 Å². The minimum Gasteiger partial charge on any atom is -0.459 e. The van der Waals surface area contributed by atoms with E-state index in [0.29, 0.717) is 5.56 Å². The van der Waals surface area contributed by atoms with Gasteiger partial charge < -0.3 is 14.7 Å². The molecule has 24 heavy (non-hydrogen) atoms. The van der Waals surface area contributed by atoms with Gasteiger partial charge in [-0.2, -0.15) is 0 Å². The number of nitrogens with one attached hydrogen (secondary N) is 2. The molecule has 4 aromatic rings. The minimum absolute atomic E-state index is 0.132. The number of aromatic nitrogens is 1. The average Bonchev–Trinajstić information content (AvgIpc) is 3.18. The van der Waals surface area contributed by atoms with Crippen molar-refractivity contribution in [2.45, 2.75) is 13.0 Å². The van der Waals surface area contributed by atoms with Gasteiger partial charge in [0.1, 0.15) is 11.3 Å². The van der Waals surface area contributed by atoms with Gasteiger partial charge in [-0.05, 0) is 37.3 Å². The van der Waals surface area contributed by atoms with Crippen LogP contribution in [-0.4, -0.2) is 10.9 Å². The zero-order valence-corrected chi connectivity index (χ0v) is 14.6. The maximum atomic E-state index is 12.6. The average molecular weight is 383 g/mol. The topological polar surface area (TPSA) is 58.0 Å². The molecule has 0 unspecified atom stereocenters. The highest BCUT2D eigenvalue weighted by Gasteiger charge is 2.18. The molecule has 0 saturated heterocycles. The molecule has 4 nitrogen and oxygen atoms in total. The van der Waals surface area contributed by atoms with Crippen LogP contribution in [0.2, 0.25) is 0 Å². The van der Waals surface area contributed by atoms with Gasteiger partial charge in [0.15, 0.2) is 0 Å². The van der Waals surface area contributed by atoms with Crippen LogP contribution in [-0.2, 0) is 0 Å². The number of amides is 1. The molecule has 1 atom stereocenters. The molecule has 0 saturated carbocycles. The normalized spacial score (nSPS) is 12.6. The smallest absolute Gasteiger partial charge is 0.254 e. The molecular formula is C19H15BrN2O2. The molecule has 0 aliphatic heterocycles. The summed E-state index contributed by atoms with van der Waals surface area (Å²) in [7, 11) is 0. The van der Waals surface area contributed by atoms with Crippen LogP contribution in [0.1, 0.15) is 29.1 Å². The summed E-state index contributed by atoms with van der Waals surface area (Å²) in [6, 6.07) is 15.4. The molecule has 0 fully saturated rings. The summed E-state index contributed by atoms with van der Waals surface area (Å²) in [6.07, 6.45) is 1.73. The third-order valence-electron chi connectivity index (χ3n) is 4.11. The first kappa shape index (κ1) is 15.0. The van der Waals surface area contributed by atoms with E-state index in [9.17, 15) is 4.79 Å². The predicted octanol–water partition coefficient (Wildman–Crippen LogP) is 5.17. The fourth-order valence-corrected chi connectivity index (χ4v) is 3.20. The number of carbonyl (C=O) groups is 1. The molecule has 4 rings (SSSR count). The second-order valence-corrected chi connectivity index (χ2v) is 6.69. The molecule has 5 heteroatoms. The van der Waals surface area contributed by atoms with Crippen molar-refractivity contribution in [3.63, 3.8) is 0 Å². The lowest BCUT2D eigenvalue weighted by Crippen LogP contribution is -2.26. The fourth-order valence-electron chi connectivity index (χ4n) is 2.84. The van der Waals surface area contributed by atoms with E-state index in [1.54, 1.807) is 6.20 Å². The number of para-hydroxylation sites is 1. The SMILES string of the molecule is C[C@@H](NC(=O)c1c[nH]c2ccc(Br)cc12)c1cc2ccccc2o1. The Morgan fingerprint density at radius 1 is 1.21 bits per heavy atom. The van der Waals surface area contributed by atoms with E-state index in [0.717, 1.165) is 32.1 Å². The van der Waals surface area contributed by atoms with E-state index in [1.807, 2.05) is 55.5 Å². The molecule has 120 valence electrons. The molecule has 0 aliphatic rings. The minimum atomic E-state index is -0.220. The Hall–Kier alpha value is -2.53. The highest BCUT2D eigenvalue weighted by atomic mass is 79.9. The van der Waals surface area contributed by atoms with Crippen LogP contribution >= 0.6 is 15.9 Å². The number of benzene rings is 2. The van der Waals surface area contributed by atoms with Crippen molar-refractivity contribution >= 4 is 43.7 Å². The Morgan fingerprint density at radius 2 is 2.04 bits per heavy atom. The molecule has 2 heterocycles. The van der Waals surface area contributed by atoms with Crippen LogP contribution in [0, 0.1) is 0 Å². The maximum absolute atomic E-state index is 12.6. The number of halogens is 1. The molecule has 2 aromatic carbocycles. The number of hydrogen-bond acceptors (Lipinski definition) is 2. The zero-order chi connectivity index (χ0) is 16.7. The van der Waals surface area contributed by atoms with E-state index >= 15 is 0 Å². The van der Waals surface area contributed by atoms with Crippen LogP contribution in [0.15, 0.2) is 63.6 Å². The Balaban J connectivity index is 1.61. The van der Waals surface area contributed by atoms with E-state index in [2.05, 4.69) is 26.2 Å². The van der Waals surface area contributed by atoms with Crippen LogP contribution in [0.25, 0.3) is 21.9 Å². The van der Waals surface area contributed by atoms with Crippen LogP contribution in [0.3, 0.4) is 0 Å². The molecule has 0 spiro atoms. The molecule has 2 aromatic heterocycles. The summed E-state index contributed by atoms with van der Waals surface area (Å²) >= 11 is 3.45. The Bertz CT molecular complexity index is 1010. The van der Waals surface area contributed by atoms with Crippen molar-refractivity contribution in [3.05, 3.63) is 70.5 Å². The highest BCUT2D eigenvalue weighted by molar-refractivity contribution is 9.10. The summed E-state index contributed by atoms with van der Waals surface area (Å²) in [5, 5.41) is 4.92. The molecular weight excluding hydrogens is 368 g/mol. The maximum Gasteiger partial charge on any atom is 0.254 e. The van der Waals surface area contributed by atoms with Crippen LogP contribution in [0.4, 0.5) is 0 Å². The Morgan fingerprint density at radius 3 is 2.88 bits per heavy atom. The standard InChI is InChI=1S/C19H15BrN2O2/c1-11(18-8-12-4-2-3-5-17(12)24-18)22-19(23)15-10-21-16-7-6-13(20)9-14(15)16/h2-11,21H,1H3,(H,22,23)/t11-/m1/s1. The number of H-pyrrole nitrogens is 1. The first-order valence-electron chi connectivity index (χ1n) is 7.68. The second kappa shape index (κ2) is 5.83. The van der Waals surface area contributed by atoms with Gasteiger partial charge in [-0.25, -0.2) is 0 Å². The highest BCUT2D eigenvalue weighted by Crippen LogP contribution is 2.26. The third kappa shape index (κ3) is 2.61.